The van der Waals surface area contributed by atoms with Crippen LogP contribution >= 0.6 is 0 Å². The van der Waals surface area contributed by atoms with E-state index in [0.717, 1.165) is 25.9 Å². The number of aromatic nitrogens is 2. The molecular weight excluding hydrogens is 222 g/mol. The summed E-state index contributed by atoms with van der Waals surface area (Å²) in [6.45, 7) is 1.86. The van der Waals surface area contributed by atoms with Gasteiger partial charge in [0.05, 0.1) is 13.4 Å². The lowest BCUT2D eigenvalue weighted by atomic mass is 10.1. The number of nitrogens with zero attached hydrogens (tertiary/aromatic N) is 2. The van der Waals surface area contributed by atoms with E-state index in [0.29, 0.717) is 11.7 Å². The van der Waals surface area contributed by atoms with Gasteiger partial charge in [-0.3, -0.25) is 4.79 Å². The molecule has 17 heavy (non-hydrogen) atoms. The van der Waals surface area contributed by atoms with Crippen LogP contribution in [0.2, 0.25) is 0 Å². The van der Waals surface area contributed by atoms with Crippen molar-refractivity contribution in [2.24, 2.45) is 5.92 Å². The van der Waals surface area contributed by atoms with E-state index in [4.69, 9.17) is 9.84 Å². The molecule has 0 aromatic carbocycles. The minimum Gasteiger partial charge on any atom is -0.489 e. The van der Waals surface area contributed by atoms with Gasteiger partial charge >= 0.3 is 0 Å². The van der Waals surface area contributed by atoms with Gasteiger partial charge < -0.3 is 19.7 Å². The van der Waals surface area contributed by atoms with Crippen LogP contribution < -0.4 is 15.2 Å². The maximum atomic E-state index is 11.5. The van der Waals surface area contributed by atoms with Crippen LogP contribution in [-0.4, -0.2) is 41.9 Å². The van der Waals surface area contributed by atoms with Gasteiger partial charge in [-0.2, -0.15) is 0 Å². The summed E-state index contributed by atoms with van der Waals surface area (Å²) in [5.74, 6) is 1.32. The number of rotatable bonds is 4. The molecule has 1 aliphatic heterocycles. The van der Waals surface area contributed by atoms with E-state index in [2.05, 4.69) is 9.97 Å². The predicted molar refractivity (Wildman–Crippen MR) is 63.4 cm³/mol. The third-order valence-electron chi connectivity index (χ3n) is 3.12. The lowest BCUT2D eigenvalue weighted by Crippen LogP contribution is -2.24. The SMILES string of the molecule is COc1c(N2CCC(CCO)C2)nc[nH]c1=O. The van der Waals surface area contributed by atoms with Crippen molar-refractivity contribution in [3.63, 3.8) is 0 Å². The molecule has 1 unspecified atom stereocenters. The molecule has 6 nitrogen and oxygen atoms in total. The summed E-state index contributed by atoms with van der Waals surface area (Å²) in [7, 11) is 1.47. The first-order chi connectivity index (χ1) is 8.26. The van der Waals surface area contributed by atoms with Crippen LogP contribution in [0.5, 0.6) is 5.75 Å². The first kappa shape index (κ1) is 11.9. The Kier molecular flexibility index (Phi) is 3.63. The molecule has 1 atom stereocenters. The first-order valence-corrected chi connectivity index (χ1v) is 5.73. The maximum absolute atomic E-state index is 11.5. The van der Waals surface area contributed by atoms with Gasteiger partial charge in [-0.05, 0) is 18.8 Å². The van der Waals surface area contributed by atoms with Crippen molar-refractivity contribution in [3.8, 4) is 5.75 Å². The second kappa shape index (κ2) is 5.18. The standard InChI is InChI=1S/C11H17N3O3/c1-17-9-10(12-7-13-11(9)16)14-4-2-8(6-14)3-5-15/h7-8,15H,2-6H2,1H3,(H,12,13,16). The van der Waals surface area contributed by atoms with Gasteiger partial charge in [0.15, 0.2) is 5.82 Å². The topological polar surface area (TPSA) is 78.5 Å². The quantitative estimate of drug-likeness (QED) is 0.772. The highest BCUT2D eigenvalue weighted by Crippen LogP contribution is 2.28. The molecule has 1 fully saturated rings. The van der Waals surface area contributed by atoms with Crippen LogP contribution in [0.1, 0.15) is 12.8 Å². The van der Waals surface area contributed by atoms with E-state index in [1.807, 2.05) is 4.90 Å². The zero-order valence-electron chi connectivity index (χ0n) is 9.85. The molecule has 0 bridgehead atoms. The summed E-state index contributed by atoms with van der Waals surface area (Å²) in [5.41, 5.74) is -0.261. The molecule has 1 aromatic rings. The normalized spacial score (nSPS) is 19.6. The molecule has 0 amide bonds. The van der Waals surface area contributed by atoms with Gasteiger partial charge in [-0.25, -0.2) is 4.98 Å². The molecule has 2 heterocycles. The molecule has 6 heteroatoms. The van der Waals surface area contributed by atoms with E-state index >= 15 is 0 Å². The van der Waals surface area contributed by atoms with Crippen LogP contribution in [-0.2, 0) is 0 Å². The molecule has 2 N–H and O–H groups in total. The fourth-order valence-corrected chi connectivity index (χ4v) is 2.23. The summed E-state index contributed by atoms with van der Waals surface area (Å²) >= 11 is 0. The number of anilines is 1. The lowest BCUT2D eigenvalue weighted by molar-refractivity contribution is 0.263. The number of aromatic amines is 1. The van der Waals surface area contributed by atoms with Gasteiger partial charge in [0.1, 0.15) is 0 Å². The van der Waals surface area contributed by atoms with Gasteiger partial charge in [-0.1, -0.05) is 0 Å². The Labute approximate surface area is 99.2 Å². The minimum absolute atomic E-state index is 0.207. The maximum Gasteiger partial charge on any atom is 0.295 e. The van der Waals surface area contributed by atoms with Crippen molar-refractivity contribution < 1.29 is 9.84 Å². The Morgan fingerprint density at radius 2 is 2.53 bits per heavy atom. The Morgan fingerprint density at radius 3 is 3.24 bits per heavy atom. The van der Waals surface area contributed by atoms with Crippen molar-refractivity contribution in [2.75, 3.05) is 31.7 Å². The molecule has 1 saturated heterocycles. The molecule has 94 valence electrons. The lowest BCUT2D eigenvalue weighted by Gasteiger charge is -2.18. The zero-order valence-corrected chi connectivity index (χ0v) is 9.85. The number of ether oxygens (including phenoxy) is 1. The van der Waals surface area contributed by atoms with Crippen LogP contribution in [0.4, 0.5) is 5.82 Å². The molecule has 1 aliphatic rings. The van der Waals surface area contributed by atoms with Crippen LogP contribution in [0.3, 0.4) is 0 Å². The molecular formula is C11H17N3O3. The number of aliphatic hydroxyl groups excluding tert-OH is 1. The van der Waals surface area contributed by atoms with Gasteiger partial charge in [-0.15, -0.1) is 0 Å². The van der Waals surface area contributed by atoms with E-state index in [1.165, 1.54) is 13.4 Å². The van der Waals surface area contributed by atoms with Gasteiger partial charge in [0, 0.05) is 19.7 Å². The number of methoxy groups -OCH3 is 1. The minimum atomic E-state index is -0.261. The van der Waals surface area contributed by atoms with Crippen molar-refractivity contribution in [2.45, 2.75) is 12.8 Å². The molecule has 0 aliphatic carbocycles. The van der Waals surface area contributed by atoms with Crippen molar-refractivity contribution >= 4 is 5.82 Å². The Balaban J connectivity index is 2.18. The third kappa shape index (κ3) is 2.41. The highest BCUT2D eigenvalue weighted by Gasteiger charge is 2.26. The summed E-state index contributed by atoms with van der Waals surface area (Å²) in [6, 6.07) is 0. The highest BCUT2D eigenvalue weighted by molar-refractivity contribution is 5.51. The van der Waals surface area contributed by atoms with E-state index in [-0.39, 0.29) is 17.9 Å². The summed E-state index contributed by atoms with van der Waals surface area (Å²) in [6.07, 6.45) is 3.19. The molecule has 0 spiro atoms. The molecule has 0 saturated carbocycles. The number of hydrogen-bond donors (Lipinski definition) is 2. The highest BCUT2D eigenvalue weighted by atomic mass is 16.5. The molecule has 1 aromatic heterocycles. The van der Waals surface area contributed by atoms with Crippen molar-refractivity contribution in [3.05, 3.63) is 16.7 Å². The number of H-pyrrole nitrogens is 1. The molecule has 2 rings (SSSR count). The van der Waals surface area contributed by atoms with Crippen LogP contribution in [0, 0.1) is 5.92 Å². The van der Waals surface area contributed by atoms with E-state index in [9.17, 15) is 4.79 Å². The summed E-state index contributed by atoms with van der Waals surface area (Å²) < 4.78 is 5.09. The Morgan fingerprint density at radius 1 is 1.71 bits per heavy atom. The fourth-order valence-electron chi connectivity index (χ4n) is 2.23. The monoisotopic (exact) mass is 239 g/mol. The first-order valence-electron chi connectivity index (χ1n) is 5.73. The van der Waals surface area contributed by atoms with E-state index < -0.39 is 0 Å². The van der Waals surface area contributed by atoms with Crippen LogP contribution in [0.25, 0.3) is 0 Å². The largest absolute Gasteiger partial charge is 0.489 e. The van der Waals surface area contributed by atoms with Crippen molar-refractivity contribution in [1.82, 2.24) is 9.97 Å². The van der Waals surface area contributed by atoms with Gasteiger partial charge in [0.25, 0.3) is 5.56 Å². The fraction of sp³-hybridized carbons (Fsp3) is 0.636. The average molecular weight is 239 g/mol. The number of hydrogen-bond acceptors (Lipinski definition) is 5. The number of aliphatic hydroxyl groups is 1. The van der Waals surface area contributed by atoms with E-state index in [1.54, 1.807) is 0 Å². The van der Waals surface area contributed by atoms with Crippen molar-refractivity contribution in [1.29, 1.82) is 0 Å². The van der Waals surface area contributed by atoms with Gasteiger partial charge in [0.2, 0.25) is 5.75 Å². The predicted octanol–water partition coefficient (Wildman–Crippen LogP) is -0.0128. The molecule has 0 radical (unpaired) electrons. The Hall–Kier alpha value is -1.56. The average Bonchev–Trinajstić information content (AvgIpc) is 2.78. The second-order valence-corrected chi connectivity index (χ2v) is 4.20. The smallest absolute Gasteiger partial charge is 0.295 e. The Bertz CT molecular complexity index is 432. The summed E-state index contributed by atoms with van der Waals surface area (Å²) in [4.78, 5) is 20.2. The second-order valence-electron chi connectivity index (χ2n) is 4.20. The zero-order chi connectivity index (χ0) is 12.3. The third-order valence-corrected chi connectivity index (χ3v) is 3.12. The summed E-state index contributed by atoms with van der Waals surface area (Å²) in [5, 5.41) is 8.91. The number of nitrogens with one attached hydrogen (secondary N) is 1. The van der Waals surface area contributed by atoms with Crippen LogP contribution in [0.15, 0.2) is 11.1 Å².